The summed E-state index contributed by atoms with van der Waals surface area (Å²) in [6.45, 7) is 9.49. The molecule has 3 aromatic rings. The van der Waals surface area contributed by atoms with Crippen molar-refractivity contribution >= 4 is 23.4 Å². The highest BCUT2D eigenvalue weighted by Gasteiger charge is 2.14. The van der Waals surface area contributed by atoms with Crippen LogP contribution in [0.1, 0.15) is 24.7 Å². The number of carbonyl (C=O) groups is 1. The molecule has 0 atom stereocenters. The third-order valence-electron chi connectivity index (χ3n) is 4.79. The molecule has 0 aliphatic heterocycles. The van der Waals surface area contributed by atoms with E-state index >= 15 is 0 Å². The number of nitrogens with one attached hydrogen (secondary N) is 1. The highest BCUT2D eigenvalue weighted by Crippen LogP contribution is 2.25. The van der Waals surface area contributed by atoms with E-state index in [9.17, 15) is 4.79 Å². The van der Waals surface area contributed by atoms with E-state index < -0.39 is 0 Å². The molecular weight excluding hydrogens is 436 g/mol. The zero-order chi connectivity index (χ0) is 23.5. The maximum Gasteiger partial charge on any atom is 0.234 e. The number of hydrogen-bond acceptors (Lipinski definition) is 6. The normalized spacial score (nSPS) is 10.6. The molecule has 0 spiro atoms. The zero-order valence-electron chi connectivity index (χ0n) is 19.1. The lowest BCUT2D eigenvalue weighted by Gasteiger charge is -2.11. The number of anilines is 1. The molecule has 0 aliphatic rings. The molecule has 2 aromatic carbocycles. The average Bonchev–Trinajstić information content (AvgIpc) is 3.19. The zero-order valence-corrected chi connectivity index (χ0v) is 19.9. The maximum atomic E-state index is 12.5. The van der Waals surface area contributed by atoms with Gasteiger partial charge in [0.15, 0.2) is 5.16 Å². The number of thioether (sulfide) groups is 1. The van der Waals surface area contributed by atoms with Gasteiger partial charge in [0, 0.05) is 13.0 Å². The lowest BCUT2D eigenvalue weighted by molar-refractivity contribution is -0.113. The summed E-state index contributed by atoms with van der Waals surface area (Å²) in [5, 5.41) is 12.2. The summed E-state index contributed by atoms with van der Waals surface area (Å²) in [6, 6.07) is 15.4. The molecule has 1 aromatic heterocycles. The second-order valence-corrected chi connectivity index (χ2v) is 8.22. The number of carbonyl (C=O) groups excluding carboxylic acids is 1. The summed E-state index contributed by atoms with van der Waals surface area (Å²) >= 11 is 1.35. The Morgan fingerprint density at radius 2 is 1.88 bits per heavy atom. The Bertz CT molecular complexity index is 1070. The molecular formula is C25H30N4O3S. The Kier molecular flexibility index (Phi) is 9.38. The van der Waals surface area contributed by atoms with E-state index in [1.165, 1.54) is 11.8 Å². The predicted molar refractivity (Wildman–Crippen MR) is 132 cm³/mol. The molecule has 0 fully saturated rings. The van der Waals surface area contributed by atoms with Crippen LogP contribution >= 0.6 is 11.8 Å². The van der Waals surface area contributed by atoms with Gasteiger partial charge in [-0.05, 0) is 44.0 Å². The fourth-order valence-electron chi connectivity index (χ4n) is 3.22. The minimum Gasteiger partial charge on any atom is -0.493 e. The van der Waals surface area contributed by atoms with Crippen molar-refractivity contribution < 1.29 is 14.3 Å². The first-order valence-corrected chi connectivity index (χ1v) is 12.0. The molecule has 8 heteroatoms. The third kappa shape index (κ3) is 7.12. The molecule has 1 amide bonds. The van der Waals surface area contributed by atoms with Gasteiger partial charge in [-0.25, -0.2) is 0 Å². The molecule has 3 rings (SSSR count). The van der Waals surface area contributed by atoms with Gasteiger partial charge in [0.2, 0.25) is 5.91 Å². The minimum atomic E-state index is -0.131. The van der Waals surface area contributed by atoms with Gasteiger partial charge in [0.1, 0.15) is 17.3 Å². The predicted octanol–water partition coefficient (Wildman–Crippen LogP) is 4.91. The molecule has 1 heterocycles. The number of aryl methyl sites for hydroxylation is 2. The Hall–Kier alpha value is -3.26. The first-order chi connectivity index (χ1) is 16.1. The van der Waals surface area contributed by atoms with Gasteiger partial charge in [-0.3, -0.25) is 4.79 Å². The van der Waals surface area contributed by atoms with Crippen molar-refractivity contribution in [1.29, 1.82) is 0 Å². The summed E-state index contributed by atoms with van der Waals surface area (Å²) in [5.74, 6) is 2.49. The number of para-hydroxylation sites is 3. The monoisotopic (exact) mass is 466 g/mol. The largest absolute Gasteiger partial charge is 0.493 e. The fourth-order valence-corrected chi connectivity index (χ4v) is 3.99. The minimum absolute atomic E-state index is 0.131. The van der Waals surface area contributed by atoms with Crippen LogP contribution in [0, 0.1) is 6.92 Å². The fraction of sp³-hybridized carbons (Fsp3) is 0.320. The number of nitrogens with zero attached hydrogens (tertiary/aromatic N) is 3. The quantitative estimate of drug-likeness (QED) is 0.219. The Morgan fingerprint density at radius 3 is 2.64 bits per heavy atom. The first kappa shape index (κ1) is 24.4. The molecule has 174 valence electrons. The Morgan fingerprint density at radius 1 is 1.12 bits per heavy atom. The Balaban J connectivity index is 1.54. The summed E-state index contributed by atoms with van der Waals surface area (Å²) in [5.41, 5.74) is 1.78. The van der Waals surface area contributed by atoms with Crippen molar-refractivity contribution in [3.8, 4) is 11.5 Å². The number of ether oxygens (including phenoxy) is 2. The second kappa shape index (κ2) is 12.7. The van der Waals surface area contributed by atoms with E-state index in [1.807, 2.05) is 66.9 Å². The van der Waals surface area contributed by atoms with Crippen LogP contribution in [-0.2, 0) is 17.8 Å². The number of hydrogen-bond donors (Lipinski definition) is 1. The van der Waals surface area contributed by atoms with Gasteiger partial charge in [-0.2, -0.15) is 0 Å². The highest BCUT2D eigenvalue weighted by molar-refractivity contribution is 7.99. The van der Waals surface area contributed by atoms with Crippen LogP contribution in [0.4, 0.5) is 5.69 Å². The molecule has 0 saturated carbocycles. The summed E-state index contributed by atoms with van der Waals surface area (Å²) in [6.07, 6.45) is 3.34. The molecule has 1 N–H and O–H groups in total. The number of allylic oxidation sites excluding steroid dienone is 1. The van der Waals surface area contributed by atoms with Gasteiger partial charge >= 0.3 is 0 Å². The average molecular weight is 467 g/mol. The molecule has 0 saturated heterocycles. The standard InChI is InChI=1S/C25H30N4O3S/c1-4-16-29-23(15-10-17-32-21-13-8-6-11-19(21)3)27-28-25(29)33-18-24(30)26-20-12-7-9-14-22(20)31-5-2/h4,6-9,11-14H,1,5,10,15-18H2,2-3H3,(H,26,30). The summed E-state index contributed by atoms with van der Waals surface area (Å²) in [4.78, 5) is 12.5. The summed E-state index contributed by atoms with van der Waals surface area (Å²) in [7, 11) is 0. The van der Waals surface area contributed by atoms with Crippen LogP contribution in [0.25, 0.3) is 0 Å². The van der Waals surface area contributed by atoms with Gasteiger partial charge in [0.05, 0.1) is 24.7 Å². The van der Waals surface area contributed by atoms with E-state index in [0.29, 0.717) is 36.4 Å². The van der Waals surface area contributed by atoms with Crippen LogP contribution < -0.4 is 14.8 Å². The van der Waals surface area contributed by atoms with Gasteiger partial charge < -0.3 is 19.4 Å². The van der Waals surface area contributed by atoms with E-state index in [-0.39, 0.29) is 11.7 Å². The van der Waals surface area contributed by atoms with E-state index in [1.54, 1.807) is 6.08 Å². The topological polar surface area (TPSA) is 78.3 Å². The highest BCUT2D eigenvalue weighted by atomic mass is 32.2. The van der Waals surface area contributed by atoms with Crippen molar-refractivity contribution in [2.24, 2.45) is 0 Å². The number of rotatable bonds is 13. The molecule has 33 heavy (non-hydrogen) atoms. The SMILES string of the molecule is C=CCn1c(CCCOc2ccccc2C)nnc1SCC(=O)Nc1ccccc1OCC. The van der Waals surface area contributed by atoms with E-state index in [2.05, 4.69) is 22.1 Å². The van der Waals surface area contributed by atoms with E-state index in [0.717, 1.165) is 30.0 Å². The maximum absolute atomic E-state index is 12.5. The smallest absolute Gasteiger partial charge is 0.234 e. The lowest BCUT2D eigenvalue weighted by Crippen LogP contribution is -2.15. The van der Waals surface area contributed by atoms with Crippen molar-refractivity contribution in [1.82, 2.24) is 14.8 Å². The molecule has 0 bridgehead atoms. The molecule has 0 aliphatic carbocycles. The second-order valence-electron chi connectivity index (χ2n) is 7.28. The van der Waals surface area contributed by atoms with Crippen LogP contribution in [0.2, 0.25) is 0 Å². The number of benzene rings is 2. The first-order valence-electron chi connectivity index (χ1n) is 11.0. The molecule has 0 radical (unpaired) electrons. The summed E-state index contributed by atoms with van der Waals surface area (Å²) < 4.78 is 13.4. The van der Waals surface area contributed by atoms with Gasteiger partial charge in [0.25, 0.3) is 0 Å². The van der Waals surface area contributed by atoms with Gasteiger partial charge in [-0.1, -0.05) is 48.2 Å². The van der Waals surface area contributed by atoms with Crippen molar-refractivity contribution in [3.63, 3.8) is 0 Å². The molecule has 0 unspecified atom stereocenters. The molecule has 7 nitrogen and oxygen atoms in total. The number of amides is 1. The van der Waals surface area contributed by atoms with Crippen LogP contribution in [0.3, 0.4) is 0 Å². The van der Waals surface area contributed by atoms with E-state index in [4.69, 9.17) is 9.47 Å². The van der Waals surface area contributed by atoms with Crippen LogP contribution in [0.15, 0.2) is 66.3 Å². The van der Waals surface area contributed by atoms with Crippen molar-refractivity contribution in [2.45, 2.75) is 38.4 Å². The van der Waals surface area contributed by atoms with Crippen LogP contribution in [0.5, 0.6) is 11.5 Å². The Labute approximate surface area is 199 Å². The van der Waals surface area contributed by atoms with Crippen molar-refractivity contribution in [3.05, 3.63) is 72.6 Å². The van der Waals surface area contributed by atoms with Crippen LogP contribution in [-0.4, -0.2) is 39.6 Å². The van der Waals surface area contributed by atoms with Gasteiger partial charge in [-0.15, -0.1) is 16.8 Å². The third-order valence-corrected chi connectivity index (χ3v) is 5.76. The number of aromatic nitrogens is 3. The lowest BCUT2D eigenvalue weighted by atomic mass is 10.2. The van der Waals surface area contributed by atoms with Crippen molar-refractivity contribution in [2.75, 3.05) is 24.3 Å².